The summed E-state index contributed by atoms with van der Waals surface area (Å²) in [6, 6.07) is 0. The number of carbonyl (C=O) groups excluding carboxylic acids is 2. The van der Waals surface area contributed by atoms with Gasteiger partial charge in [0.15, 0.2) is 6.61 Å². The van der Waals surface area contributed by atoms with Gasteiger partial charge in [-0.2, -0.15) is 0 Å². The van der Waals surface area contributed by atoms with Crippen molar-refractivity contribution in [2.24, 2.45) is 11.8 Å². The van der Waals surface area contributed by atoms with Gasteiger partial charge in [-0.15, -0.1) is 0 Å². The fourth-order valence-corrected chi connectivity index (χ4v) is 2.08. The first-order valence-corrected chi connectivity index (χ1v) is 6.23. The molecule has 0 spiro atoms. The molecular weight excluding hydrogens is 238 g/mol. The van der Waals surface area contributed by atoms with Crippen LogP contribution in [0.5, 0.6) is 0 Å². The maximum atomic E-state index is 11.7. The molecule has 2 atom stereocenters. The number of amides is 1. The molecule has 1 aliphatic carbocycles. The van der Waals surface area contributed by atoms with Gasteiger partial charge in [0.1, 0.15) is 0 Å². The number of ether oxygens (including phenoxy) is 3. The van der Waals surface area contributed by atoms with Gasteiger partial charge in [-0.05, 0) is 12.3 Å². The predicted octanol–water partition coefficient (Wildman–Crippen LogP) is -0.329. The van der Waals surface area contributed by atoms with Gasteiger partial charge in [-0.3, -0.25) is 9.59 Å². The number of esters is 1. The van der Waals surface area contributed by atoms with Crippen molar-refractivity contribution in [3.8, 4) is 0 Å². The Labute approximate surface area is 106 Å². The molecule has 6 nitrogen and oxygen atoms in total. The van der Waals surface area contributed by atoms with Gasteiger partial charge in [0, 0.05) is 26.8 Å². The normalized spacial score (nSPS) is 26.8. The molecule has 1 saturated carbocycles. The van der Waals surface area contributed by atoms with Gasteiger partial charge in [-0.1, -0.05) is 0 Å². The Morgan fingerprint density at radius 2 is 2.06 bits per heavy atom. The fraction of sp³-hybridized carbons (Fsp3) is 0.833. The van der Waals surface area contributed by atoms with Gasteiger partial charge in [-0.25, -0.2) is 0 Å². The zero-order valence-corrected chi connectivity index (χ0v) is 10.6. The lowest BCUT2D eigenvalue weighted by Crippen LogP contribution is -2.42. The lowest BCUT2D eigenvalue weighted by molar-refractivity contribution is -0.155. The highest BCUT2D eigenvalue weighted by Crippen LogP contribution is 2.39. The van der Waals surface area contributed by atoms with Crippen LogP contribution in [0.1, 0.15) is 6.42 Å². The predicted molar refractivity (Wildman–Crippen MR) is 61.8 cm³/mol. The quantitative estimate of drug-likeness (QED) is 0.631. The lowest BCUT2D eigenvalue weighted by Gasteiger charge is -2.26. The Hall–Kier alpha value is -1.14. The van der Waals surface area contributed by atoms with Crippen LogP contribution in [0.2, 0.25) is 0 Å². The van der Waals surface area contributed by atoms with Crippen molar-refractivity contribution in [1.29, 1.82) is 0 Å². The summed E-state index contributed by atoms with van der Waals surface area (Å²) < 4.78 is 15.2. The number of nitrogens with zero attached hydrogens (tertiary/aromatic N) is 1. The van der Waals surface area contributed by atoms with Crippen LogP contribution in [0.25, 0.3) is 0 Å². The number of carbonyl (C=O) groups is 2. The smallest absolute Gasteiger partial charge is 0.309 e. The van der Waals surface area contributed by atoms with Crippen LogP contribution in [0, 0.1) is 11.8 Å². The molecule has 1 heterocycles. The Morgan fingerprint density at radius 3 is 2.72 bits per heavy atom. The van der Waals surface area contributed by atoms with E-state index in [4.69, 9.17) is 14.2 Å². The van der Waals surface area contributed by atoms with Crippen LogP contribution in [0.4, 0.5) is 0 Å². The van der Waals surface area contributed by atoms with Crippen molar-refractivity contribution < 1.29 is 23.8 Å². The second kappa shape index (κ2) is 6.15. The summed E-state index contributed by atoms with van der Waals surface area (Å²) in [5.41, 5.74) is 0. The third kappa shape index (κ3) is 3.43. The maximum Gasteiger partial charge on any atom is 0.309 e. The summed E-state index contributed by atoms with van der Waals surface area (Å²) in [6.07, 6.45) is 0.804. The first-order chi connectivity index (χ1) is 8.72. The molecule has 0 aromatic carbocycles. The van der Waals surface area contributed by atoms with Gasteiger partial charge in [0.05, 0.1) is 19.1 Å². The van der Waals surface area contributed by atoms with E-state index in [2.05, 4.69) is 0 Å². The van der Waals surface area contributed by atoms with Crippen molar-refractivity contribution in [3.63, 3.8) is 0 Å². The monoisotopic (exact) mass is 257 g/mol. The third-order valence-electron chi connectivity index (χ3n) is 3.31. The highest BCUT2D eigenvalue weighted by atomic mass is 16.5. The first kappa shape index (κ1) is 13.3. The molecule has 18 heavy (non-hydrogen) atoms. The molecule has 1 amide bonds. The molecule has 6 heteroatoms. The van der Waals surface area contributed by atoms with E-state index in [1.807, 2.05) is 0 Å². The van der Waals surface area contributed by atoms with E-state index in [1.165, 1.54) is 0 Å². The largest absolute Gasteiger partial charge is 0.455 e. The molecule has 102 valence electrons. The van der Waals surface area contributed by atoms with Crippen molar-refractivity contribution in [2.45, 2.75) is 6.42 Å². The average Bonchev–Trinajstić information content (AvgIpc) is 3.16. The first-order valence-electron chi connectivity index (χ1n) is 6.23. The van der Waals surface area contributed by atoms with E-state index in [9.17, 15) is 9.59 Å². The lowest BCUT2D eigenvalue weighted by atomic mass is 10.3. The molecule has 2 fully saturated rings. The van der Waals surface area contributed by atoms with Crippen molar-refractivity contribution >= 4 is 11.9 Å². The van der Waals surface area contributed by atoms with Crippen LogP contribution >= 0.6 is 0 Å². The Kier molecular flexibility index (Phi) is 4.54. The second-order valence-corrected chi connectivity index (χ2v) is 4.66. The summed E-state index contributed by atoms with van der Waals surface area (Å²) in [6.45, 7) is 2.68. The molecule has 0 unspecified atom stereocenters. The van der Waals surface area contributed by atoms with E-state index in [1.54, 1.807) is 12.0 Å². The van der Waals surface area contributed by atoms with Gasteiger partial charge in [0.25, 0.3) is 5.91 Å². The molecule has 2 rings (SSSR count). The van der Waals surface area contributed by atoms with E-state index >= 15 is 0 Å². The van der Waals surface area contributed by atoms with E-state index < -0.39 is 0 Å². The van der Waals surface area contributed by atoms with E-state index in [-0.39, 0.29) is 30.3 Å². The Bertz CT molecular complexity index is 314. The summed E-state index contributed by atoms with van der Waals surface area (Å²) in [5.74, 6) is -0.238. The highest BCUT2D eigenvalue weighted by molar-refractivity contribution is 5.82. The summed E-state index contributed by atoms with van der Waals surface area (Å²) >= 11 is 0. The van der Waals surface area contributed by atoms with Crippen LogP contribution in [-0.2, 0) is 23.8 Å². The van der Waals surface area contributed by atoms with Crippen molar-refractivity contribution in [1.82, 2.24) is 4.90 Å². The molecular formula is C12H19NO5. The van der Waals surface area contributed by atoms with E-state index in [0.717, 1.165) is 6.42 Å². The molecule has 0 aromatic heterocycles. The minimum absolute atomic E-state index is 0.0811. The average molecular weight is 257 g/mol. The standard InChI is InChI=1S/C12H19NO5/c1-16-7-9-6-10(9)12(15)18-8-11(14)13-2-4-17-5-3-13/h9-10H,2-8H2,1H3/t9-,10+/m0/s1. The summed E-state index contributed by atoms with van der Waals surface area (Å²) in [4.78, 5) is 25.0. The number of hydrogen-bond acceptors (Lipinski definition) is 5. The van der Waals surface area contributed by atoms with Gasteiger partial charge < -0.3 is 19.1 Å². The van der Waals surface area contributed by atoms with Crippen LogP contribution < -0.4 is 0 Å². The molecule has 1 saturated heterocycles. The number of methoxy groups -OCH3 is 1. The van der Waals surface area contributed by atoms with E-state index in [0.29, 0.717) is 32.9 Å². The molecule has 2 aliphatic rings. The molecule has 1 aliphatic heterocycles. The maximum absolute atomic E-state index is 11.7. The van der Waals surface area contributed by atoms with Gasteiger partial charge in [0.2, 0.25) is 0 Å². The van der Waals surface area contributed by atoms with Crippen molar-refractivity contribution in [2.75, 3.05) is 46.6 Å². The third-order valence-corrected chi connectivity index (χ3v) is 3.31. The molecule has 0 bridgehead atoms. The Morgan fingerprint density at radius 1 is 1.33 bits per heavy atom. The molecule has 0 radical (unpaired) electrons. The molecule has 0 N–H and O–H groups in total. The zero-order chi connectivity index (χ0) is 13.0. The van der Waals surface area contributed by atoms with Gasteiger partial charge >= 0.3 is 5.97 Å². The second-order valence-electron chi connectivity index (χ2n) is 4.66. The number of hydrogen-bond donors (Lipinski definition) is 0. The minimum atomic E-state index is -0.279. The van der Waals surface area contributed by atoms with Crippen molar-refractivity contribution in [3.05, 3.63) is 0 Å². The topological polar surface area (TPSA) is 65.1 Å². The highest BCUT2D eigenvalue weighted by Gasteiger charge is 2.44. The summed E-state index contributed by atoms with van der Waals surface area (Å²) in [5, 5.41) is 0. The van der Waals surface area contributed by atoms with Crippen LogP contribution in [0.3, 0.4) is 0 Å². The van der Waals surface area contributed by atoms with Crippen LogP contribution in [0.15, 0.2) is 0 Å². The number of morpholine rings is 1. The fourth-order valence-electron chi connectivity index (χ4n) is 2.08. The molecule has 0 aromatic rings. The Balaban J connectivity index is 1.65. The minimum Gasteiger partial charge on any atom is -0.455 e. The zero-order valence-electron chi connectivity index (χ0n) is 10.6. The number of rotatable bonds is 5. The SMILES string of the molecule is COC[C@@H]1C[C@H]1C(=O)OCC(=O)N1CCOCC1. The summed E-state index contributed by atoms with van der Waals surface area (Å²) in [7, 11) is 1.61. The van der Waals surface area contributed by atoms with Crippen LogP contribution in [-0.4, -0.2) is 63.4 Å².